The molecule has 0 aromatic rings. The van der Waals surface area contributed by atoms with E-state index >= 15 is 0 Å². The molecule has 5 heteroatoms. The third kappa shape index (κ3) is 11.4. The molecule has 0 aliphatic heterocycles. The quantitative estimate of drug-likeness (QED) is 0.301. The predicted octanol–water partition coefficient (Wildman–Crippen LogP) is -1.49. The molecule has 0 aromatic heterocycles. The standard InChI is InChI=1S/C3H9OPS2.K/c1-3-4-5(2,6)7;/h3H2,1-2H3,(H,6,7);/q;+1/p-1. The molecule has 0 aromatic carbocycles. The van der Waals surface area contributed by atoms with Crippen molar-refractivity contribution in [1.82, 2.24) is 0 Å². The summed E-state index contributed by atoms with van der Waals surface area (Å²) < 4.78 is 4.97. The Labute approximate surface area is 104 Å². The molecular formula is C3H8KOPS2. The second-order valence-electron chi connectivity index (χ2n) is 1.19. The van der Waals surface area contributed by atoms with Gasteiger partial charge in [0.2, 0.25) is 0 Å². The maximum Gasteiger partial charge on any atom is 1.00 e. The van der Waals surface area contributed by atoms with E-state index in [1.807, 2.05) is 6.92 Å². The van der Waals surface area contributed by atoms with Gasteiger partial charge in [-0.15, -0.1) is 0 Å². The summed E-state index contributed by atoms with van der Waals surface area (Å²) in [5.41, 5.74) is -1.75. The fourth-order valence-corrected chi connectivity index (χ4v) is 1.34. The molecule has 44 valence electrons. The first-order chi connectivity index (χ1) is 3.06. The summed E-state index contributed by atoms with van der Waals surface area (Å²) in [6, 6.07) is 0. The predicted molar refractivity (Wildman–Crippen MR) is 39.2 cm³/mol. The molecule has 0 saturated heterocycles. The van der Waals surface area contributed by atoms with Crippen LogP contribution >= 0.6 is 5.47 Å². The molecule has 0 spiro atoms. The van der Waals surface area contributed by atoms with Crippen LogP contribution in [0.1, 0.15) is 6.92 Å². The van der Waals surface area contributed by atoms with Crippen molar-refractivity contribution in [3.63, 3.8) is 0 Å². The molecule has 1 nitrogen and oxygen atoms in total. The zero-order chi connectivity index (χ0) is 5.91. The van der Waals surface area contributed by atoms with Gasteiger partial charge in [-0.05, 0) is 13.6 Å². The average molecular weight is 194 g/mol. The monoisotopic (exact) mass is 194 g/mol. The summed E-state index contributed by atoms with van der Waals surface area (Å²) in [6.45, 7) is 4.34. The Hall–Kier alpha value is 2.60. The van der Waals surface area contributed by atoms with Gasteiger partial charge in [0, 0.05) is 6.61 Å². The van der Waals surface area contributed by atoms with Crippen LogP contribution in [-0.4, -0.2) is 13.3 Å². The van der Waals surface area contributed by atoms with Crippen LogP contribution in [0.25, 0.3) is 0 Å². The van der Waals surface area contributed by atoms with Crippen LogP contribution in [0.5, 0.6) is 0 Å². The van der Waals surface area contributed by atoms with E-state index in [1.165, 1.54) is 0 Å². The van der Waals surface area contributed by atoms with Gasteiger partial charge in [0.1, 0.15) is 0 Å². The van der Waals surface area contributed by atoms with Gasteiger partial charge in [0.15, 0.2) is 0 Å². The molecule has 0 N–H and O–H groups in total. The molecule has 0 fully saturated rings. The molecule has 0 radical (unpaired) electrons. The molecule has 1 unspecified atom stereocenters. The first-order valence-electron chi connectivity index (χ1n) is 1.99. The average Bonchev–Trinajstić information content (AvgIpc) is 1.30. The topological polar surface area (TPSA) is 9.23 Å². The van der Waals surface area contributed by atoms with Crippen molar-refractivity contribution in [1.29, 1.82) is 0 Å². The summed E-state index contributed by atoms with van der Waals surface area (Å²) in [7, 11) is 0. The maximum absolute atomic E-state index is 4.97. The van der Waals surface area contributed by atoms with Crippen LogP contribution in [0.4, 0.5) is 0 Å². The van der Waals surface area contributed by atoms with E-state index in [1.54, 1.807) is 6.66 Å². The smallest absolute Gasteiger partial charge is 0.720 e. The Balaban J connectivity index is 0. The fraction of sp³-hybridized carbons (Fsp3) is 1.00. The number of hydrogen-bond donors (Lipinski definition) is 0. The van der Waals surface area contributed by atoms with E-state index in [0.717, 1.165) is 0 Å². The summed E-state index contributed by atoms with van der Waals surface area (Å²) >= 11 is 9.58. The van der Waals surface area contributed by atoms with Crippen molar-refractivity contribution in [2.45, 2.75) is 6.92 Å². The molecular weight excluding hydrogens is 186 g/mol. The van der Waals surface area contributed by atoms with Crippen LogP contribution in [0.2, 0.25) is 0 Å². The van der Waals surface area contributed by atoms with Gasteiger partial charge in [0.05, 0.1) is 0 Å². The maximum atomic E-state index is 4.97. The van der Waals surface area contributed by atoms with Crippen molar-refractivity contribution >= 4 is 29.5 Å². The third-order valence-electron chi connectivity index (χ3n) is 0.364. The van der Waals surface area contributed by atoms with Gasteiger partial charge < -0.3 is 16.8 Å². The fourth-order valence-electron chi connectivity index (χ4n) is 0.235. The van der Waals surface area contributed by atoms with Gasteiger partial charge in [-0.3, -0.25) is 0 Å². The van der Waals surface area contributed by atoms with E-state index in [-0.39, 0.29) is 51.4 Å². The minimum atomic E-state index is -1.75. The summed E-state index contributed by atoms with van der Waals surface area (Å²) in [6.07, 6.45) is 0. The van der Waals surface area contributed by atoms with Crippen molar-refractivity contribution in [2.75, 3.05) is 13.3 Å². The zero-order valence-electron chi connectivity index (χ0n) is 5.38. The first kappa shape index (κ1) is 13.2. The molecule has 0 bridgehead atoms. The Morgan fingerprint density at radius 2 is 2.12 bits per heavy atom. The molecule has 1 atom stereocenters. The van der Waals surface area contributed by atoms with Gasteiger partial charge in [-0.25, -0.2) is 0 Å². The van der Waals surface area contributed by atoms with Crippen molar-refractivity contribution in [3.05, 3.63) is 0 Å². The van der Waals surface area contributed by atoms with Crippen LogP contribution in [0.3, 0.4) is 0 Å². The Morgan fingerprint density at radius 3 is 2.12 bits per heavy atom. The van der Waals surface area contributed by atoms with Crippen molar-refractivity contribution < 1.29 is 55.9 Å². The molecule has 8 heavy (non-hydrogen) atoms. The molecule has 0 aliphatic carbocycles. The minimum Gasteiger partial charge on any atom is -0.720 e. The number of rotatable bonds is 2. The van der Waals surface area contributed by atoms with Gasteiger partial charge >= 0.3 is 51.4 Å². The van der Waals surface area contributed by atoms with E-state index in [2.05, 4.69) is 0 Å². The molecule has 0 rings (SSSR count). The summed E-state index contributed by atoms with van der Waals surface area (Å²) in [5.74, 6) is 0. The minimum absolute atomic E-state index is 0. The largest absolute Gasteiger partial charge is 1.00 e. The van der Waals surface area contributed by atoms with Crippen LogP contribution in [0, 0.1) is 0 Å². The van der Waals surface area contributed by atoms with Crippen molar-refractivity contribution in [2.24, 2.45) is 0 Å². The third-order valence-corrected chi connectivity index (χ3v) is 1.72. The zero-order valence-corrected chi connectivity index (χ0v) is 11.0. The second kappa shape index (κ2) is 6.32. The van der Waals surface area contributed by atoms with E-state index in [4.69, 9.17) is 28.6 Å². The van der Waals surface area contributed by atoms with Gasteiger partial charge in [0.25, 0.3) is 0 Å². The summed E-state index contributed by atoms with van der Waals surface area (Å²) in [5, 5.41) is 0. The summed E-state index contributed by atoms with van der Waals surface area (Å²) in [4.78, 5) is 0. The molecule has 0 saturated carbocycles. The second-order valence-corrected chi connectivity index (χ2v) is 7.86. The molecule has 0 aliphatic rings. The Kier molecular flexibility index (Phi) is 10.4. The van der Waals surface area contributed by atoms with Gasteiger partial charge in [-0.1, -0.05) is 17.3 Å². The van der Waals surface area contributed by atoms with Crippen LogP contribution in [-0.2, 0) is 28.6 Å². The SMILES string of the molecule is CCOP(C)(=S)[S-].[K+]. The Bertz CT molecular complexity index is 91.3. The van der Waals surface area contributed by atoms with E-state index in [9.17, 15) is 0 Å². The van der Waals surface area contributed by atoms with E-state index in [0.29, 0.717) is 6.61 Å². The number of hydrogen-bond acceptors (Lipinski definition) is 3. The molecule has 0 amide bonds. The normalized spacial score (nSPS) is 16.4. The van der Waals surface area contributed by atoms with E-state index < -0.39 is 5.47 Å². The van der Waals surface area contributed by atoms with Crippen molar-refractivity contribution in [3.8, 4) is 0 Å². The Morgan fingerprint density at radius 1 is 1.75 bits per heavy atom. The van der Waals surface area contributed by atoms with Crippen LogP contribution < -0.4 is 51.4 Å². The molecule has 0 heterocycles. The van der Waals surface area contributed by atoms with Crippen LogP contribution in [0.15, 0.2) is 0 Å². The first-order valence-corrected chi connectivity index (χ1v) is 6.17. The van der Waals surface area contributed by atoms with Gasteiger partial charge in [-0.2, -0.15) is 0 Å².